The molecule has 0 bridgehead atoms. The fraction of sp³-hybridized carbons (Fsp3) is 0.875. The lowest BCUT2D eigenvalue weighted by Gasteiger charge is -2.23. The Balaban J connectivity index is 2.13. The van der Waals surface area contributed by atoms with Gasteiger partial charge in [-0.25, -0.2) is 0 Å². The van der Waals surface area contributed by atoms with Gasteiger partial charge in [0.15, 0.2) is 0 Å². The molecule has 0 aromatic carbocycles. The zero-order valence-corrected chi connectivity index (χ0v) is 7.44. The van der Waals surface area contributed by atoms with Crippen molar-refractivity contribution in [3.05, 3.63) is 0 Å². The highest BCUT2D eigenvalue weighted by Crippen LogP contribution is 2.10. The van der Waals surface area contributed by atoms with Crippen molar-refractivity contribution in [3.8, 4) is 0 Å². The summed E-state index contributed by atoms with van der Waals surface area (Å²) in [6.45, 7) is 1.46. The molecule has 1 fully saturated rings. The second-order valence-corrected chi connectivity index (χ2v) is 3.09. The van der Waals surface area contributed by atoms with Crippen molar-refractivity contribution in [3.63, 3.8) is 0 Å². The molecular formula is C8H15NO4. The monoisotopic (exact) mass is 189 g/mol. The highest BCUT2D eigenvalue weighted by molar-refractivity contribution is 5.73. The first-order chi connectivity index (χ1) is 6.20. The van der Waals surface area contributed by atoms with Crippen LogP contribution in [-0.2, 0) is 14.3 Å². The van der Waals surface area contributed by atoms with E-state index in [9.17, 15) is 4.79 Å². The molecule has 1 rings (SSSR count). The largest absolute Gasteiger partial charge is 0.480 e. The Morgan fingerprint density at radius 3 is 2.77 bits per heavy atom. The van der Waals surface area contributed by atoms with Crippen LogP contribution in [0.1, 0.15) is 12.8 Å². The lowest BCUT2D eigenvalue weighted by molar-refractivity contribution is -0.141. The van der Waals surface area contributed by atoms with E-state index in [-0.39, 0.29) is 12.7 Å². The Morgan fingerprint density at radius 2 is 2.23 bits per heavy atom. The molecule has 5 nitrogen and oxygen atoms in total. The highest BCUT2D eigenvalue weighted by atomic mass is 16.5. The van der Waals surface area contributed by atoms with E-state index < -0.39 is 12.0 Å². The fourth-order valence-corrected chi connectivity index (χ4v) is 1.15. The highest BCUT2D eigenvalue weighted by Gasteiger charge is 2.17. The summed E-state index contributed by atoms with van der Waals surface area (Å²) >= 11 is 0. The van der Waals surface area contributed by atoms with Crippen molar-refractivity contribution in [2.45, 2.75) is 25.0 Å². The first-order valence-corrected chi connectivity index (χ1v) is 4.38. The van der Waals surface area contributed by atoms with E-state index in [4.69, 9.17) is 20.3 Å². The minimum Gasteiger partial charge on any atom is -0.480 e. The smallest absolute Gasteiger partial charge is 0.322 e. The number of carbonyl (C=O) groups is 1. The molecule has 1 aliphatic rings. The van der Waals surface area contributed by atoms with Crippen molar-refractivity contribution >= 4 is 5.97 Å². The van der Waals surface area contributed by atoms with Gasteiger partial charge in [-0.15, -0.1) is 0 Å². The topological polar surface area (TPSA) is 81.8 Å². The number of carboxylic acid groups (broad SMARTS) is 1. The average molecular weight is 189 g/mol. The summed E-state index contributed by atoms with van der Waals surface area (Å²) in [5.74, 6) is -1.02. The number of hydrogen-bond donors (Lipinski definition) is 2. The zero-order valence-electron chi connectivity index (χ0n) is 7.44. The molecule has 3 N–H and O–H groups in total. The predicted molar refractivity (Wildman–Crippen MR) is 45.4 cm³/mol. The Kier molecular flexibility index (Phi) is 4.14. The van der Waals surface area contributed by atoms with Gasteiger partial charge in [-0.05, 0) is 12.8 Å². The van der Waals surface area contributed by atoms with Gasteiger partial charge >= 0.3 is 5.97 Å². The maximum absolute atomic E-state index is 10.3. The Hall–Kier alpha value is -0.650. The van der Waals surface area contributed by atoms with Crippen molar-refractivity contribution in [1.29, 1.82) is 0 Å². The van der Waals surface area contributed by atoms with E-state index >= 15 is 0 Å². The zero-order chi connectivity index (χ0) is 9.68. The number of nitrogens with two attached hydrogens (primary N) is 1. The maximum atomic E-state index is 10.3. The maximum Gasteiger partial charge on any atom is 0.322 e. The van der Waals surface area contributed by atoms with Gasteiger partial charge in [0, 0.05) is 13.2 Å². The number of carboxylic acids is 1. The van der Waals surface area contributed by atoms with Crippen LogP contribution in [0.5, 0.6) is 0 Å². The molecule has 76 valence electrons. The van der Waals surface area contributed by atoms with Crippen LogP contribution in [0.25, 0.3) is 0 Å². The van der Waals surface area contributed by atoms with Crippen LogP contribution in [0.15, 0.2) is 0 Å². The number of ether oxygens (including phenoxy) is 2. The van der Waals surface area contributed by atoms with Crippen molar-refractivity contribution < 1.29 is 19.4 Å². The number of hydrogen-bond acceptors (Lipinski definition) is 4. The van der Waals surface area contributed by atoms with Crippen molar-refractivity contribution in [1.82, 2.24) is 0 Å². The Labute approximate surface area is 76.8 Å². The molecule has 0 unspecified atom stereocenters. The minimum atomic E-state index is -1.02. The van der Waals surface area contributed by atoms with Gasteiger partial charge in [0.25, 0.3) is 0 Å². The van der Waals surface area contributed by atoms with Gasteiger partial charge in [0.1, 0.15) is 6.04 Å². The number of aliphatic carboxylic acids is 1. The van der Waals surface area contributed by atoms with E-state index in [1.54, 1.807) is 0 Å². The van der Waals surface area contributed by atoms with Gasteiger partial charge in [0.05, 0.1) is 12.7 Å². The fourth-order valence-electron chi connectivity index (χ4n) is 1.15. The van der Waals surface area contributed by atoms with Crippen LogP contribution in [0.3, 0.4) is 0 Å². The molecule has 1 aliphatic heterocycles. The molecule has 5 heteroatoms. The van der Waals surface area contributed by atoms with Gasteiger partial charge < -0.3 is 20.3 Å². The Morgan fingerprint density at radius 1 is 1.62 bits per heavy atom. The lowest BCUT2D eigenvalue weighted by atomic mass is 10.1. The lowest BCUT2D eigenvalue weighted by Crippen LogP contribution is -2.37. The van der Waals surface area contributed by atoms with E-state index in [0.717, 1.165) is 12.8 Å². The van der Waals surface area contributed by atoms with E-state index in [2.05, 4.69) is 0 Å². The van der Waals surface area contributed by atoms with Crippen molar-refractivity contribution in [2.75, 3.05) is 19.8 Å². The van der Waals surface area contributed by atoms with Gasteiger partial charge in [-0.2, -0.15) is 0 Å². The van der Waals surface area contributed by atoms with Crippen LogP contribution < -0.4 is 5.73 Å². The van der Waals surface area contributed by atoms with E-state index in [1.807, 2.05) is 0 Å². The molecule has 0 saturated carbocycles. The minimum absolute atomic E-state index is 0.0833. The van der Waals surface area contributed by atoms with Crippen LogP contribution in [0, 0.1) is 0 Å². The average Bonchev–Trinajstić information content (AvgIpc) is 2.15. The van der Waals surface area contributed by atoms with E-state index in [0.29, 0.717) is 13.2 Å². The predicted octanol–water partition coefficient (Wildman–Crippen LogP) is -0.406. The summed E-state index contributed by atoms with van der Waals surface area (Å²) < 4.78 is 10.4. The third-order valence-corrected chi connectivity index (χ3v) is 2.00. The molecule has 0 aromatic heterocycles. The molecular weight excluding hydrogens is 174 g/mol. The first-order valence-electron chi connectivity index (χ1n) is 4.38. The second-order valence-electron chi connectivity index (χ2n) is 3.09. The Bertz CT molecular complexity index is 168. The molecule has 13 heavy (non-hydrogen) atoms. The molecule has 1 heterocycles. The third-order valence-electron chi connectivity index (χ3n) is 2.00. The molecule has 0 aromatic rings. The van der Waals surface area contributed by atoms with Gasteiger partial charge in [-0.1, -0.05) is 0 Å². The van der Waals surface area contributed by atoms with Crippen LogP contribution in [-0.4, -0.2) is 43.0 Å². The number of rotatable bonds is 4. The van der Waals surface area contributed by atoms with E-state index in [1.165, 1.54) is 0 Å². The standard InChI is InChI=1S/C8H15NO4/c9-7(8(10)11)5-13-6-1-3-12-4-2-6/h6-7H,1-5,9H2,(H,10,11)/t7-/m1/s1. The summed E-state index contributed by atoms with van der Waals surface area (Å²) in [5.41, 5.74) is 5.28. The van der Waals surface area contributed by atoms with Gasteiger partial charge in [-0.3, -0.25) is 4.79 Å². The molecule has 0 spiro atoms. The molecule has 0 amide bonds. The quantitative estimate of drug-likeness (QED) is 0.628. The summed E-state index contributed by atoms with van der Waals surface area (Å²) in [7, 11) is 0. The van der Waals surface area contributed by atoms with Crippen LogP contribution >= 0.6 is 0 Å². The van der Waals surface area contributed by atoms with Crippen molar-refractivity contribution in [2.24, 2.45) is 5.73 Å². The van der Waals surface area contributed by atoms with Gasteiger partial charge in [0.2, 0.25) is 0 Å². The first kappa shape index (κ1) is 10.4. The molecule has 1 saturated heterocycles. The van der Waals surface area contributed by atoms with Crippen LogP contribution in [0.4, 0.5) is 0 Å². The summed E-state index contributed by atoms with van der Waals surface area (Å²) in [6.07, 6.45) is 1.76. The summed E-state index contributed by atoms with van der Waals surface area (Å²) in [4.78, 5) is 10.3. The summed E-state index contributed by atoms with van der Waals surface area (Å²) in [6, 6.07) is -0.914. The molecule has 1 atom stereocenters. The molecule has 0 aliphatic carbocycles. The second kappa shape index (κ2) is 5.16. The normalized spacial score (nSPS) is 21.3. The third kappa shape index (κ3) is 3.71. The van der Waals surface area contributed by atoms with Crippen LogP contribution in [0.2, 0.25) is 0 Å². The SMILES string of the molecule is N[C@H](COC1CCOCC1)C(=O)O. The molecule has 0 radical (unpaired) electrons. The summed E-state index contributed by atoms with van der Waals surface area (Å²) in [5, 5.41) is 8.48.